The molecule has 0 N–H and O–H groups in total. The molecule has 0 aromatic rings. The van der Waals surface area contributed by atoms with Gasteiger partial charge in [0, 0.05) is 12.3 Å². The zero-order valence-corrected chi connectivity index (χ0v) is 8.15. The van der Waals surface area contributed by atoms with Crippen LogP contribution in [0.4, 0.5) is 0 Å². The van der Waals surface area contributed by atoms with Gasteiger partial charge in [0.2, 0.25) is 0 Å². The topological polar surface area (TPSA) is 12.4 Å². The first-order valence-corrected chi connectivity index (χ1v) is 4.11. The molecule has 0 aliphatic rings. The van der Waals surface area contributed by atoms with E-state index in [2.05, 4.69) is 39.3 Å². The highest BCUT2D eigenvalue weighted by Gasteiger charge is 2.12. The molecule has 1 nitrogen and oxygen atoms in total. The predicted octanol–water partition coefficient (Wildman–Crippen LogP) is 3.07. The number of hydrogen-bond acceptors (Lipinski definition) is 1. The van der Waals surface area contributed by atoms with Gasteiger partial charge in [-0.15, -0.1) is 6.58 Å². The number of nitrogens with zero attached hydrogens (tertiary/aromatic N) is 1. The molecule has 0 aromatic carbocycles. The van der Waals surface area contributed by atoms with Gasteiger partial charge in [-0.25, -0.2) is 0 Å². The van der Waals surface area contributed by atoms with Crippen molar-refractivity contribution < 1.29 is 0 Å². The first-order chi connectivity index (χ1) is 4.98. The van der Waals surface area contributed by atoms with Crippen molar-refractivity contribution in [2.24, 2.45) is 10.4 Å². The quantitative estimate of drug-likeness (QED) is 0.336. The van der Waals surface area contributed by atoms with E-state index in [1.807, 2.05) is 6.08 Å². The van der Waals surface area contributed by atoms with Crippen LogP contribution in [0.3, 0.4) is 0 Å². The van der Waals surface area contributed by atoms with Gasteiger partial charge in [-0.2, -0.15) is 0 Å². The van der Waals surface area contributed by atoms with Gasteiger partial charge in [-0.3, -0.25) is 4.99 Å². The highest BCUT2D eigenvalue weighted by molar-refractivity contribution is 5.86. The Labute approximate surface area is 70.2 Å². The van der Waals surface area contributed by atoms with Gasteiger partial charge in [0.25, 0.3) is 0 Å². The summed E-state index contributed by atoms with van der Waals surface area (Å²) in [7, 11) is 0. The fourth-order valence-corrected chi connectivity index (χ4v) is 0.561. The lowest BCUT2D eigenvalue weighted by atomic mass is 9.91. The third-order valence-corrected chi connectivity index (χ3v) is 1.77. The van der Waals surface area contributed by atoms with Crippen molar-refractivity contribution in [3.05, 3.63) is 12.7 Å². The van der Waals surface area contributed by atoms with Crippen LogP contribution < -0.4 is 0 Å². The highest BCUT2D eigenvalue weighted by Crippen LogP contribution is 2.15. The minimum Gasteiger partial charge on any atom is -0.294 e. The first-order valence-electron chi connectivity index (χ1n) is 4.11. The molecule has 0 heterocycles. The standard InChI is InChI=1S/C10H19N/c1-6-7-8-11-9(2)10(3,4)5/h6H,1,7-8H2,2-5H3. The van der Waals surface area contributed by atoms with E-state index in [0.717, 1.165) is 13.0 Å². The summed E-state index contributed by atoms with van der Waals surface area (Å²) in [5.41, 5.74) is 1.45. The van der Waals surface area contributed by atoms with Gasteiger partial charge in [-0.05, 0) is 18.8 Å². The monoisotopic (exact) mass is 153 g/mol. The Bertz CT molecular complexity index is 149. The summed E-state index contributed by atoms with van der Waals surface area (Å²) in [6.45, 7) is 13.2. The molecule has 0 fully saturated rings. The summed E-state index contributed by atoms with van der Waals surface area (Å²) in [4.78, 5) is 4.43. The molecule has 1 heteroatoms. The molecule has 0 aliphatic heterocycles. The molecule has 0 aliphatic carbocycles. The van der Waals surface area contributed by atoms with Crippen molar-refractivity contribution in [3.63, 3.8) is 0 Å². The molecule has 0 radical (unpaired) electrons. The summed E-state index contributed by atoms with van der Waals surface area (Å²) < 4.78 is 0. The molecule has 0 saturated carbocycles. The Morgan fingerprint density at radius 2 is 2.00 bits per heavy atom. The van der Waals surface area contributed by atoms with E-state index in [9.17, 15) is 0 Å². The Morgan fingerprint density at radius 3 is 2.36 bits per heavy atom. The maximum Gasteiger partial charge on any atom is 0.0423 e. The normalized spacial score (nSPS) is 13.3. The molecule has 64 valence electrons. The summed E-state index contributed by atoms with van der Waals surface area (Å²) in [6, 6.07) is 0. The fraction of sp³-hybridized carbons (Fsp3) is 0.700. The molecule has 0 bridgehead atoms. The summed E-state index contributed by atoms with van der Waals surface area (Å²) in [5.74, 6) is 0. The smallest absolute Gasteiger partial charge is 0.0423 e. The predicted molar refractivity (Wildman–Crippen MR) is 52.2 cm³/mol. The molecular weight excluding hydrogens is 134 g/mol. The molecule has 0 saturated heterocycles. The van der Waals surface area contributed by atoms with Gasteiger partial charge in [0.15, 0.2) is 0 Å². The third kappa shape index (κ3) is 4.77. The van der Waals surface area contributed by atoms with Crippen molar-refractivity contribution in [1.29, 1.82) is 0 Å². The van der Waals surface area contributed by atoms with E-state index in [-0.39, 0.29) is 5.41 Å². The van der Waals surface area contributed by atoms with Crippen molar-refractivity contribution >= 4 is 5.71 Å². The van der Waals surface area contributed by atoms with Crippen molar-refractivity contribution in [2.45, 2.75) is 34.1 Å². The van der Waals surface area contributed by atoms with Crippen LogP contribution in [-0.2, 0) is 0 Å². The van der Waals surface area contributed by atoms with Crippen LogP contribution in [0.2, 0.25) is 0 Å². The molecule has 0 rings (SSSR count). The van der Waals surface area contributed by atoms with Crippen LogP contribution in [0.25, 0.3) is 0 Å². The van der Waals surface area contributed by atoms with Gasteiger partial charge in [0.05, 0.1) is 0 Å². The van der Waals surface area contributed by atoms with Crippen LogP contribution >= 0.6 is 0 Å². The van der Waals surface area contributed by atoms with Crippen molar-refractivity contribution in [2.75, 3.05) is 6.54 Å². The lowest BCUT2D eigenvalue weighted by Crippen LogP contribution is -2.17. The zero-order chi connectivity index (χ0) is 8.91. The highest BCUT2D eigenvalue weighted by atomic mass is 14.7. The second-order valence-corrected chi connectivity index (χ2v) is 3.79. The van der Waals surface area contributed by atoms with E-state index < -0.39 is 0 Å². The Morgan fingerprint density at radius 1 is 1.45 bits per heavy atom. The molecule has 0 aromatic heterocycles. The summed E-state index contributed by atoms with van der Waals surface area (Å²) in [5, 5.41) is 0. The number of hydrogen-bond donors (Lipinski definition) is 0. The third-order valence-electron chi connectivity index (χ3n) is 1.77. The van der Waals surface area contributed by atoms with Crippen LogP contribution in [0.1, 0.15) is 34.1 Å². The van der Waals surface area contributed by atoms with Gasteiger partial charge >= 0.3 is 0 Å². The number of rotatable bonds is 3. The number of aliphatic imine (C=N–C) groups is 1. The van der Waals surface area contributed by atoms with Gasteiger partial charge < -0.3 is 0 Å². The molecule has 0 atom stereocenters. The second-order valence-electron chi connectivity index (χ2n) is 3.79. The van der Waals surface area contributed by atoms with E-state index in [0.29, 0.717) is 0 Å². The van der Waals surface area contributed by atoms with Crippen LogP contribution in [0.15, 0.2) is 17.6 Å². The maximum atomic E-state index is 4.43. The Balaban J connectivity index is 3.90. The Hall–Kier alpha value is -0.590. The lowest BCUT2D eigenvalue weighted by molar-refractivity contribution is 0.584. The lowest BCUT2D eigenvalue weighted by Gasteiger charge is -2.17. The van der Waals surface area contributed by atoms with Gasteiger partial charge in [-0.1, -0.05) is 26.8 Å². The zero-order valence-electron chi connectivity index (χ0n) is 8.15. The minimum atomic E-state index is 0.223. The van der Waals surface area contributed by atoms with E-state index in [1.54, 1.807) is 0 Å². The van der Waals surface area contributed by atoms with E-state index in [4.69, 9.17) is 0 Å². The van der Waals surface area contributed by atoms with Crippen molar-refractivity contribution in [3.8, 4) is 0 Å². The van der Waals surface area contributed by atoms with Crippen LogP contribution in [0.5, 0.6) is 0 Å². The molecule has 11 heavy (non-hydrogen) atoms. The van der Waals surface area contributed by atoms with Crippen LogP contribution in [-0.4, -0.2) is 12.3 Å². The first kappa shape index (κ1) is 10.4. The minimum absolute atomic E-state index is 0.223. The van der Waals surface area contributed by atoms with Crippen LogP contribution in [0, 0.1) is 5.41 Å². The van der Waals surface area contributed by atoms with E-state index >= 15 is 0 Å². The average molecular weight is 153 g/mol. The van der Waals surface area contributed by atoms with Crippen molar-refractivity contribution in [1.82, 2.24) is 0 Å². The molecule has 0 amide bonds. The maximum absolute atomic E-state index is 4.43. The largest absolute Gasteiger partial charge is 0.294 e. The average Bonchev–Trinajstić information content (AvgIpc) is 1.86. The van der Waals surface area contributed by atoms with Gasteiger partial charge in [0.1, 0.15) is 0 Å². The molecule has 0 unspecified atom stereocenters. The SMILES string of the molecule is C=CCCN=C(C)C(C)(C)C. The van der Waals surface area contributed by atoms with E-state index in [1.165, 1.54) is 5.71 Å². The summed E-state index contributed by atoms with van der Waals surface area (Å²) in [6.07, 6.45) is 2.88. The molecular formula is C10H19N. The second kappa shape index (κ2) is 4.32. The Kier molecular flexibility index (Phi) is 4.09. The summed E-state index contributed by atoms with van der Waals surface area (Å²) >= 11 is 0. The fourth-order valence-electron chi connectivity index (χ4n) is 0.561. The molecule has 0 spiro atoms.